The Kier molecular flexibility index (Phi) is 5.42. The summed E-state index contributed by atoms with van der Waals surface area (Å²) in [5.74, 6) is 5.98. The van der Waals surface area contributed by atoms with Crippen LogP contribution in [-0.2, 0) is 0 Å². The van der Waals surface area contributed by atoms with Crippen molar-refractivity contribution in [3.05, 3.63) is 24.3 Å². The van der Waals surface area contributed by atoms with Gasteiger partial charge >= 0.3 is 0 Å². The molecule has 0 radical (unpaired) electrons. The van der Waals surface area contributed by atoms with Crippen molar-refractivity contribution in [1.82, 2.24) is 15.3 Å². The first kappa shape index (κ1) is 11.7. The molecule has 1 atom stereocenters. The Hall–Kier alpha value is -1.40. The smallest absolute Gasteiger partial charge is 0.115 e. The molecule has 0 aliphatic carbocycles. The van der Waals surface area contributed by atoms with E-state index in [9.17, 15) is 0 Å². The quantitative estimate of drug-likeness (QED) is 0.743. The molecule has 0 fully saturated rings. The fourth-order valence-corrected chi connectivity index (χ4v) is 1.47. The minimum atomic E-state index is 0.317. The second kappa shape index (κ2) is 6.97. The van der Waals surface area contributed by atoms with Crippen LogP contribution < -0.4 is 5.32 Å². The summed E-state index contributed by atoms with van der Waals surface area (Å²) in [7, 11) is 0. The van der Waals surface area contributed by atoms with Crippen molar-refractivity contribution in [3.8, 4) is 11.8 Å². The molecule has 1 heterocycles. The summed E-state index contributed by atoms with van der Waals surface area (Å²) >= 11 is 0. The Morgan fingerprint density at radius 1 is 1.40 bits per heavy atom. The lowest BCUT2D eigenvalue weighted by atomic mass is 10.1. The van der Waals surface area contributed by atoms with E-state index in [1.165, 1.54) is 0 Å². The van der Waals surface area contributed by atoms with Crippen LogP contribution in [-0.4, -0.2) is 16.5 Å². The maximum Gasteiger partial charge on any atom is 0.115 e. The van der Waals surface area contributed by atoms with E-state index < -0.39 is 0 Å². The highest BCUT2D eigenvalue weighted by Crippen LogP contribution is 2.15. The molecule has 80 valence electrons. The summed E-state index contributed by atoms with van der Waals surface area (Å²) in [6.45, 7) is 4.91. The van der Waals surface area contributed by atoms with E-state index in [2.05, 4.69) is 34.0 Å². The third-order valence-corrected chi connectivity index (χ3v) is 2.17. The van der Waals surface area contributed by atoms with Gasteiger partial charge in [-0.05, 0) is 19.9 Å². The predicted octanol–water partition coefficient (Wildman–Crippen LogP) is 1.93. The van der Waals surface area contributed by atoms with Crippen LogP contribution in [0.4, 0.5) is 0 Å². The third-order valence-electron chi connectivity index (χ3n) is 2.17. The van der Waals surface area contributed by atoms with Gasteiger partial charge in [0.25, 0.3) is 0 Å². The van der Waals surface area contributed by atoms with E-state index in [0.29, 0.717) is 6.04 Å². The zero-order valence-corrected chi connectivity index (χ0v) is 9.33. The SMILES string of the molecule is CC#CCCC(NCC)c1cncnc1. The molecule has 0 saturated heterocycles. The summed E-state index contributed by atoms with van der Waals surface area (Å²) in [6.07, 6.45) is 7.18. The van der Waals surface area contributed by atoms with Gasteiger partial charge in [0.2, 0.25) is 0 Å². The highest BCUT2D eigenvalue weighted by atomic mass is 14.9. The number of aromatic nitrogens is 2. The van der Waals surface area contributed by atoms with Crippen LogP contribution in [0.15, 0.2) is 18.7 Å². The molecule has 0 aromatic carbocycles. The Balaban J connectivity index is 2.60. The maximum absolute atomic E-state index is 4.03. The first-order valence-electron chi connectivity index (χ1n) is 5.26. The number of hydrogen-bond acceptors (Lipinski definition) is 3. The van der Waals surface area contributed by atoms with Gasteiger partial charge in [0.15, 0.2) is 0 Å². The molecule has 1 unspecified atom stereocenters. The second-order valence-corrected chi connectivity index (χ2v) is 3.25. The van der Waals surface area contributed by atoms with E-state index in [1.807, 2.05) is 19.3 Å². The molecule has 1 rings (SSSR count). The minimum absolute atomic E-state index is 0.317. The van der Waals surface area contributed by atoms with Crippen molar-refractivity contribution in [3.63, 3.8) is 0 Å². The number of rotatable bonds is 5. The van der Waals surface area contributed by atoms with Gasteiger partial charge in [0.1, 0.15) is 6.33 Å². The Bertz CT molecular complexity index is 324. The van der Waals surface area contributed by atoms with Gasteiger partial charge in [0, 0.05) is 30.4 Å². The Morgan fingerprint density at radius 3 is 2.73 bits per heavy atom. The minimum Gasteiger partial charge on any atom is -0.310 e. The van der Waals surface area contributed by atoms with Gasteiger partial charge in [-0.25, -0.2) is 9.97 Å². The lowest BCUT2D eigenvalue weighted by Crippen LogP contribution is -2.21. The molecule has 0 aliphatic heterocycles. The topological polar surface area (TPSA) is 37.8 Å². The van der Waals surface area contributed by atoms with Gasteiger partial charge in [-0.15, -0.1) is 11.8 Å². The van der Waals surface area contributed by atoms with E-state index in [0.717, 1.165) is 24.9 Å². The summed E-state index contributed by atoms with van der Waals surface area (Å²) in [4.78, 5) is 8.06. The largest absolute Gasteiger partial charge is 0.310 e. The molecule has 0 spiro atoms. The average Bonchev–Trinajstić information content (AvgIpc) is 2.29. The molecular weight excluding hydrogens is 186 g/mol. The fourth-order valence-electron chi connectivity index (χ4n) is 1.47. The molecule has 3 heteroatoms. The molecule has 1 aromatic heterocycles. The van der Waals surface area contributed by atoms with Crippen molar-refractivity contribution in [2.75, 3.05) is 6.54 Å². The van der Waals surface area contributed by atoms with E-state index in [1.54, 1.807) is 6.33 Å². The van der Waals surface area contributed by atoms with E-state index in [-0.39, 0.29) is 0 Å². The van der Waals surface area contributed by atoms with Crippen molar-refractivity contribution < 1.29 is 0 Å². The van der Waals surface area contributed by atoms with Gasteiger partial charge in [-0.1, -0.05) is 6.92 Å². The number of nitrogens with one attached hydrogen (secondary N) is 1. The molecule has 1 N–H and O–H groups in total. The van der Waals surface area contributed by atoms with E-state index in [4.69, 9.17) is 0 Å². The zero-order valence-electron chi connectivity index (χ0n) is 9.33. The van der Waals surface area contributed by atoms with Gasteiger partial charge in [-0.2, -0.15) is 0 Å². The standard InChI is InChI=1S/C12H17N3/c1-3-5-6-7-12(15-4-2)11-8-13-10-14-9-11/h8-10,12,15H,4,6-7H2,1-2H3. The monoisotopic (exact) mass is 203 g/mol. The summed E-state index contributed by atoms with van der Waals surface area (Å²) in [5, 5.41) is 3.41. The third kappa shape index (κ3) is 4.09. The van der Waals surface area contributed by atoms with Crippen LogP contribution in [0.3, 0.4) is 0 Å². The molecule has 0 saturated carbocycles. The molecule has 3 nitrogen and oxygen atoms in total. The summed E-state index contributed by atoms with van der Waals surface area (Å²) in [5.41, 5.74) is 1.14. The summed E-state index contributed by atoms with van der Waals surface area (Å²) in [6, 6.07) is 0.317. The highest BCUT2D eigenvalue weighted by molar-refractivity contribution is 5.10. The van der Waals surface area contributed by atoms with Crippen LogP contribution in [0, 0.1) is 11.8 Å². The Morgan fingerprint density at radius 2 is 2.13 bits per heavy atom. The van der Waals surface area contributed by atoms with Crippen LogP contribution >= 0.6 is 0 Å². The number of nitrogens with zero attached hydrogens (tertiary/aromatic N) is 2. The fraction of sp³-hybridized carbons (Fsp3) is 0.500. The van der Waals surface area contributed by atoms with Crippen LogP contribution in [0.5, 0.6) is 0 Å². The van der Waals surface area contributed by atoms with Crippen LogP contribution in [0.2, 0.25) is 0 Å². The number of hydrogen-bond donors (Lipinski definition) is 1. The molecule has 15 heavy (non-hydrogen) atoms. The summed E-state index contributed by atoms with van der Waals surface area (Å²) < 4.78 is 0. The van der Waals surface area contributed by atoms with Gasteiger partial charge < -0.3 is 5.32 Å². The molecule has 0 amide bonds. The highest BCUT2D eigenvalue weighted by Gasteiger charge is 2.09. The van der Waals surface area contributed by atoms with Crippen LogP contribution in [0.25, 0.3) is 0 Å². The second-order valence-electron chi connectivity index (χ2n) is 3.25. The van der Waals surface area contributed by atoms with Crippen molar-refractivity contribution in [1.29, 1.82) is 0 Å². The predicted molar refractivity (Wildman–Crippen MR) is 61.1 cm³/mol. The van der Waals surface area contributed by atoms with Crippen LogP contribution in [0.1, 0.15) is 38.3 Å². The molecule has 0 aliphatic rings. The van der Waals surface area contributed by atoms with Gasteiger partial charge in [0.05, 0.1) is 0 Å². The zero-order chi connectivity index (χ0) is 10.9. The lowest BCUT2D eigenvalue weighted by molar-refractivity contribution is 0.519. The maximum atomic E-state index is 4.03. The Labute approximate surface area is 91.3 Å². The first-order chi connectivity index (χ1) is 7.38. The molecular formula is C12H17N3. The first-order valence-corrected chi connectivity index (χ1v) is 5.26. The molecule has 1 aromatic rings. The van der Waals surface area contributed by atoms with Crippen molar-refractivity contribution >= 4 is 0 Å². The lowest BCUT2D eigenvalue weighted by Gasteiger charge is -2.15. The average molecular weight is 203 g/mol. The van der Waals surface area contributed by atoms with Crippen molar-refractivity contribution in [2.24, 2.45) is 0 Å². The normalized spacial score (nSPS) is 11.6. The van der Waals surface area contributed by atoms with Gasteiger partial charge in [-0.3, -0.25) is 0 Å². The molecule has 0 bridgehead atoms. The van der Waals surface area contributed by atoms with Crippen molar-refractivity contribution in [2.45, 2.75) is 32.7 Å². The van der Waals surface area contributed by atoms with E-state index >= 15 is 0 Å².